The fourth-order valence-corrected chi connectivity index (χ4v) is 0.983. The summed E-state index contributed by atoms with van der Waals surface area (Å²) < 4.78 is 12.3. The van der Waals surface area contributed by atoms with Gasteiger partial charge in [0, 0.05) is 11.6 Å². The second kappa shape index (κ2) is 2.97. The summed E-state index contributed by atoms with van der Waals surface area (Å²) in [5, 5.41) is 0. The number of alkyl halides is 1. The van der Waals surface area contributed by atoms with Crippen LogP contribution in [0.2, 0.25) is 0 Å². The van der Waals surface area contributed by atoms with Crippen LogP contribution in [0.4, 0.5) is 4.39 Å². The first-order valence-corrected chi connectivity index (χ1v) is 3.45. The van der Waals surface area contributed by atoms with Gasteiger partial charge < -0.3 is 0 Å². The van der Waals surface area contributed by atoms with Gasteiger partial charge >= 0.3 is 0 Å². The summed E-state index contributed by atoms with van der Waals surface area (Å²) in [7, 11) is 0. The van der Waals surface area contributed by atoms with E-state index in [2.05, 4.69) is 4.98 Å². The highest BCUT2D eigenvalue weighted by molar-refractivity contribution is 6.17. The van der Waals surface area contributed by atoms with Crippen LogP contribution < -0.4 is 0 Å². The van der Waals surface area contributed by atoms with Gasteiger partial charge in [-0.3, -0.25) is 0 Å². The third-order valence-electron chi connectivity index (χ3n) is 1.31. The third kappa shape index (κ3) is 1.45. The van der Waals surface area contributed by atoms with E-state index in [1.54, 1.807) is 13.0 Å². The Kier molecular flexibility index (Phi) is 2.22. The molecule has 54 valence electrons. The van der Waals surface area contributed by atoms with E-state index in [0.717, 1.165) is 5.56 Å². The minimum atomic E-state index is -0.452. The molecule has 1 nitrogen and oxygen atoms in total. The van der Waals surface area contributed by atoms with E-state index in [0.29, 0.717) is 11.6 Å². The van der Waals surface area contributed by atoms with Gasteiger partial charge in [-0.25, -0.2) is 4.98 Å². The molecule has 1 aromatic heterocycles. The quantitative estimate of drug-likeness (QED) is 0.453. The van der Waals surface area contributed by atoms with Crippen LogP contribution in [-0.2, 0) is 5.88 Å². The summed E-state index contributed by atoms with van der Waals surface area (Å²) in [6.45, 7) is 1.74. The van der Waals surface area contributed by atoms with Gasteiger partial charge in [-0.2, -0.15) is 4.39 Å². The fourth-order valence-electron chi connectivity index (χ4n) is 0.700. The molecule has 0 spiro atoms. The van der Waals surface area contributed by atoms with Crippen molar-refractivity contribution in [1.82, 2.24) is 4.98 Å². The normalized spacial score (nSPS) is 9.90. The van der Waals surface area contributed by atoms with Crippen molar-refractivity contribution in [3.63, 3.8) is 0 Å². The molecule has 3 heteroatoms. The number of nitrogens with zero attached hydrogens (tertiary/aromatic N) is 1. The summed E-state index contributed by atoms with van der Waals surface area (Å²) in [6.07, 6.45) is 0. The SMILES string of the molecule is Cc1nc(F)ccc1CCl. The Bertz CT molecular complexity index is 237. The Labute approximate surface area is 63.8 Å². The Balaban J connectivity index is 3.07. The van der Waals surface area contributed by atoms with E-state index in [9.17, 15) is 4.39 Å². The Morgan fingerprint density at radius 2 is 2.30 bits per heavy atom. The highest BCUT2D eigenvalue weighted by Crippen LogP contribution is 2.07. The number of aryl methyl sites for hydroxylation is 1. The molecule has 0 aliphatic carbocycles. The summed E-state index contributed by atoms with van der Waals surface area (Å²) in [5.74, 6) is -0.0644. The van der Waals surface area contributed by atoms with E-state index in [1.165, 1.54) is 6.07 Å². The zero-order chi connectivity index (χ0) is 7.56. The lowest BCUT2D eigenvalue weighted by Crippen LogP contribution is -1.91. The molecule has 0 aliphatic rings. The highest BCUT2D eigenvalue weighted by atomic mass is 35.5. The van der Waals surface area contributed by atoms with Gasteiger partial charge in [-0.15, -0.1) is 11.6 Å². The van der Waals surface area contributed by atoms with Crippen LogP contribution >= 0.6 is 11.6 Å². The van der Waals surface area contributed by atoms with Gasteiger partial charge in [0.15, 0.2) is 0 Å². The fraction of sp³-hybridized carbons (Fsp3) is 0.286. The molecular weight excluding hydrogens is 153 g/mol. The second-order valence-corrected chi connectivity index (χ2v) is 2.28. The van der Waals surface area contributed by atoms with Crippen molar-refractivity contribution in [2.24, 2.45) is 0 Å². The molecule has 1 rings (SSSR count). The van der Waals surface area contributed by atoms with Gasteiger partial charge in [-0.1, -0.05) is 6.07 Å². The molecule has 0 saturated carbocycles. The van der Waals surface area contributed by atoms with Gasteiger partial charge in [-0.05, 0) is 18.6 Å². The summed E-state index contributed by atoms with van der Waals surface area (Å²) in [6, 6.07) is 2.95. The first-order valence-electron chi connectivity index (χ1n) is 2.92. The number of pyridine rings is 1. The number of halogens is 2. The molecule has 0 saturated heterocycles. The molecule has 0 bridgehead atoms. The molecule has 0 unspecified atom stereocenters. The summed E-state index contributed by atoms with van der Waals surface area (Å²) >= 11 is 5.52. The second-order valence-electron chi connectivity index (χ2n) is 2.01. The number of aromatic nitrogens is 1. The van der Waals surface area contributed by atoms with E-state index in [-0.39, 0.29) is 0 Å². The van der Waals surface area contributed by atoms with Crippen molar-refractivity contribution in [2.75, 3.05) is 0 Å². The van der Waals surface area contributed by atoms with Crippen LogP contribution in [0.15, 0.2) is 12.1 Å². The zero-order valence-corrected chi connectivity index (χ0v) is 6.32. The lowest BCUT2D eigenvalue weighted by atomic mass is 10.2. The van der Waals surface area contributed by atoms with E-state index in [4.69, 9.17) is 11.6 Å². The molecule has 1 aromatic rings. The van der Waals surface area contributed by atoms with Crippen molar-refractivity contribution in [1.29, 1.82) is 0 Å². The maximum Gasteiger partial charge on any atom is 0.213 e. The van der Waals surface area contributed by atoms with Crippen molar-refractivity contribution >= 4 is 11.6 Å². The molecule has 0 fully saturated rings. The maximum absolute atomic E-state index is 12.3. The number of hydrogen-bond donors (Lipinski definition) is 0. The van der Waals surface area contributed by atoms with E-state index in [1.807, 2.05) is 0 Å². The molecule has 0 N–H and O–H groups in total. The lowest BCUT2D eigenvalue weighted by Gasteiger charge is -1.98. The minimum absolute atomic E-state index is 0.388. The van der Waals surface area contributed by atoms with Crippen LogP contribution in [0.3, 0.4) is 0 Å². The molecule has 1 heterocycles. The predicted molar refractivity (Wildman–Crippen MR) is 38.5 cm³/mol. The summed E-state index contributed by atoms with van der Waals surface area (Å²) in [4.78, 5) is 3.59. The first kappa shape index (κ1) is 7.48. The van der Waals surface area contributed by atoms with Gasteiger partial charge in [0.05, 0.1) is 0 Å². The Morgan fingerprint density at radius 1 is 1.60 bits per heavy atom. The monoisotopic (exact) mass is 159 g/mol. The van der Waals surface area contributed by atoms with Crippen LogP contribution in [0, 0.1) is 12.9 Å². The van der Waals surface area contributed by atoms with Crippen molar-refractivity contribution < 1.29 is 4.39 Å². The van der Waals surface area contributed by atoms with Crippen molar-refractivity contribution in [2.45, 2.75) is 12.8 Å². The summed E-state index contributed by atoms with van der Waals surface area (Å²) in [5.41, 5.74) is 1.54. The van der Waals surface area contributed by atoms with Gasteiger partial charge in [0.2, 0.25) is 5.95 Å². The lowest BCUT2D eigenvalue weighted by molar-refractivity contribution is 0.579. The third-order valence-corrected chi connectivity index (χ3v) is 1.59. The van der Waals surface area contributed by atoms with Crippen LogP contribution in [0.5, 0.6) is 0 Å². The molecule has 0 aromatic carbocycles. The average Bonchev–Trinajstić information content (AvgIpc) is 1.88. The largest absolute Gasteiger partial charge is 0.225 e. The Morgan fingerprint density at radius 3 is 2.80 bits per heavy atom. The molecular formula is C7H7ClFN. The molecule has 0 radical (unpaired) electrons. The van der Waals surface area contributed by atoms with E-state index < -0.39 is 5.95 Å². The van der Waals surface area contributed by atoms with E-state index >= 15 is 0 Å². The van der Waals surface area contributed by atoms with Crippen LogP contribution in [0.1, 0.15) is 11.3 Å². The van der Waals surface area contributed by atoms with Gasteiger partial charge in [0.25, 0.3) is 0 Å². The molecule has 0 atom stereocenters. The van der Waals surface area contributed by atoms with Crippen LogP contribution in [0.25, 0.3) is 0 Å². The van der Waals surface area contributed by atoms with Gasteiger partial charge in [0.1, 0.15) is 0 Å². The molecule has 0 amide bonds. The molecule has 0 aliphatic heterocycles. The Hall–Kier alpha value is -0.630. The van der Waals surface area contributed by atoms with Crippen LogP contribution in [-0.4, -0.2) is 4.98 Å². The zero-order valence-electron chi connectivity index (χ0n) is 5.56. The number of rotatable bonds is 1. The average molecular weight is 160 g/mol. The van der Waals surface area contributed by atoms with Crippen molar-refractivity contribution in [3.05, 3.63) is 29.3 Å². The predicted octanol–water partition coefficient (Wildman–Crippen LogP) is 2.27. The molecule has 10 heavy (non-hydrogen) atoms. The number of hydrogen-bond acceptors (Lipinski definition) is 1. The standard InChI is InChI=1S/C7H7ClFN/c1-5-6(4-8)2-3-7(9)10-5/h2-3H,4H2,1H3. The minimum Gasteiger partial charge on any atom is -0.225 e. The van der Waals surface area contributed by atoms with Crippen molar-refractivity contribution in [3.8, 4) is 0 Å². The first-order chi connectivity index (χ1) is 4.74. The smallest absolute Gasteiger partial charge is 0.213 e. The topological polar surface area (TPSA) is 12.9 Å². The highest BCUT2D eigenvalue weighted by Gasteiger charge is 1.98. The maximum atomic E-state index is 12.3.